The number of fused-ring (bicyclic) bond motifs is 8. The van der Waals surface area contributed by atoms with Crippen LogP contribution in [0.2, 0.25) is 0 Å². The third-order valence-electron chi connectivity index (χ3n) is 8.39. The Morgan fingerprint density at radius 1 is 0.511 bits per heavy atom. The Labute approximate surface area is 253 Å². The lowest BCUT2D eigenvalue weighted by atomic mass is 10.1. The second-order valence-electron chi connectivity index (χ2n) is 10.8. The van der Waals surface area contributed by atoms with E-state index in [1.807, 2.05) is 66.9 Å². The van der Waals surface area contributed by atoms with Gasteiger partial charge in [0.1, 0.15) is 22.2 Å². The van der Waals surface area contributed by atoms with Gasteiger partial charge in [0.15, 0.2) is 35.6 Å². The quantitative estimate of drug-likeness (QED) is 0.192. The van der Waals surface area contributed by atoms with Gasteiger partial charge < -0.3 is 8.83 Å². The minimum atomic E-state index is 0.511. The average Bonchev–Trinajstić information content (AvgIpc) is 3.85. The monoisotopic (exact) mass is 581 g/mol. The molecule has 0 radical (unpaired) electrons. The first-order chi connectivity index (χ1) is 22.3. The molecule has 0 unspecified atom stereocenters. The van der Waals surface area contributed by atoms with Crippen molar-refractivity contribution in [2.45, 2.75) is 0 Å². The Morgan fingerprint density at radius 3 is 2.13 bits per heavy atom. The number of aromatic nitrogens is 7. The van der Waals surface area contributed by atoms with Gasteiger partial charge in [-0.3, -0.25) is 4.57 Å². The summed E-state index contributed by atoms with van der Waals surface area (Å²) >= 11 is 0. The molecule has 4 aromatic carbocycles. The van der Waals surface area contributed by atoms with Crippen LogP contribution in [0, 0.1) is 0 Å². The predicted octanol–water partition coefficient (Wildman–Crippen LogP) is 8.29. The summed E-state index contributed by atoms with van der Waals surface area (Å²) in [4.78, 5) is 29.5. The summed E-state index contributed by atoms with van der Waals surface area (Å²) in [5.74, 6) is 1.21. The summed E-state index contributed by atoms with van der Waals surface area (Å²) in [6, 6.07) is 32.2. The molecule has 0 amide bonds. The Balaban J connectivity index is 1.35. The van der Waals surface area contributed by atoms with Crippen molar-refractivity contribution >= 4 is 65.9 Å². The standard InChI is InChI=1S/C36H19N7O2/c1-2-10-27-21(6-1)22-9-5-17-37-35(22)43(27)36-25-15-13-20-14-16-26(23-7-3-11-28-31(23)38-18-44-28)40-30(20)33(25)41-34(42-36)24-8-4-12-29-32(24)39-19-45-29/h1-19H. The first kappa shape index (κ1) is 24.0. The zero-order valence-electron chi connectivity index (χ0n) is 23.4. The maximum Gasteiger partial charge on any atom is 0.182 e. The first-order valence-electron chi connectivity index (χ1n) is 14.4. The van der Waals surface area contributed by atoms with Gasteiger partial charge in [-0.25, -0.2) is 29.9 Å². The lowest BCUT2D eigenvalue weighted by Crippen LogP contribution is -2.04. The molecule has 6 heterocycles. The van der Waals surface area contributed by atoms with E-state index < -0.39 is 0 Å². The van der Waals surface area contributed by atoms with Crippen LogP contribution in [0.1, 0.15) is 0 Å². The van der Waals surface area contributed by atoms with Crippen molar-refractivity contribution < 1.29 is 8.83 Å². The summed E-state index contributed by atoms with van der Waals surface area (Å²) in [6.45, 7) is 0. The summed E-state index contributed by atoms with van der Waals surface area (Å²) < 4.78 is 13.3. The van der Waals surface area contributed by atoms with Gasteiger partial charge >= 0.3 is 0 Å². The van der Waals surface area contributed by atoms with Gasteiger partial charge in [-0.1, -0.05) is 48.5 Å². The van der Waals surface area contributed by atoms with E-state index in [2.05, 4.69) is 50.9 Å². The zero-order valence-corrected chi connectivity index (χ0v) is 23.4. The van der Waals surface area contributed by atoms with Crippen molar-refractivity contribution in [3.63, 3.8) is 0 Å². The predicted molar refractivity (Wildman–Crippen MR) is 173 cm³/mol. The Morgan fingerprint density at radius 2 is 1.27 bits per heavy atom. The van der Waals surface area contributed by atoms with Crippen molar-refractivity contribution in [1.82, 2.24) is 34.5 Å². The number of oxazole rings is 2. The molecule has 0 saturated carbocycles. The third kappa shape index (κ3) is 3.43. The number of para-hydroxylation sites is 3. The number of rotatable bonds is 3. The number of pyridine rings is 2. The lowest BCUT2D eigenvalue weighted by Gasteiger charge is -2.14. The second kappa shape index (κ2) is 9.01. The molecule has 0 aliphatic carbocycles. The van der Waals surface area contributed by atoms with Crippen LogP contribution in [0.25, 0.3) is 94.4 Å². The van der Waals surface area contributed by atoms with E-state index in [9.17, 15) is 0 Å². The number of hydrogen-bond acceptors (Lipinski definition) is 8. The Hall–Kier alpha value is -6.48. The molecule has 10 aromatic rings. The molecular formula is C36H19N7O2. The van der Waals surface area contributed by atoms with Crippen molar-refractivity contribution in [1.29, 1.82) is 0 Å². The van der Waals surface area contributed by atoms with Gasteiger partial charge in [0.05, 0.1) is 16.7 Å². The molecule has 10 rings (SSSR count). The number of nitrogens with zero attached hydrogens (tertiary/aromatic N) is 7. The molecule has 9 heteroatoms. The van der Waals surface area contributed by atoms with Gasteiger partial charge in [0, 0.05) is 38.9 Å². The summed E-state index contributed by atoms with van der Waals surface area (Å²) in [5.41, 5.74) is 8.50. The van der Waals surface area contributed by atoms with Crippen molar-refractivity contribution in [3.8, 4) is 28.5 Å². The van der Waals surface area contributed by atoms with Crippen LogP contribution < -0.4 is 0 Å². The molecule has 0 atom stereocenters. The lowest BCUT2D eigenvalue weighted by molar-refractivity contribution is 0.602. The second-order valence-corrected chi connectivity index (χ2v) is 10.8. The van der Waals surface area contributed by atoms with E-state index >= 15 is 0 Å². The van der Waals surface area contributed by atoms with Crippen molar-refractivity contribution in [2.24, 2.45) is 0 Å². The van der Waals surface area contributed by atoms with Crippen LogP contribution >= 0.6 is 0 Å². The maximum atomic E-state index is 5.64. The third-order valence-corrected chi connectivity index (χ3v) is 8.39. The highest BCUT2D eigenvalue weighted by Gasteiger charge is 2.21. The molecule has 0 fully saturated rings. The van der Waals surface area contributed by atoms with Crippen molar-refractivity contribution in [3.05, 3.63) is 116 Å². The van der Waals surface area contributed by atoms with Gasteiger partial charge in [-0.15, -0.1) is 0 Å². The van der Waals surface area contributed by atoms with Crippen LogP contribution in [0.4, 0.5) is 0 Å². The minimum Gasteiger partial charge on any atom is -0.443 e. The average molecular weight is 582 g/mol. The minimum absolute atomic E-state index is 0.511. The molecule has 0 saturated heterocycles. The molecule has 0 aliphatic heterocycles. The molecule has 0 N–H and O–H groups in total. The van der Waals surface area contributed by atoms with Gasteiger partial charge in [0.2, 0.25) is 0 Å². The van der Waals surface area contributed by atoms with Crippen LogP contribution in [0.5, 0.6) is 0 Å². The van der Waals surface area contributed by atoms with Crippen LogP contribution in [0.3, 0.4) is 0 Å². The molecule has 0 bridgehead atoms. The number of benzene rings is 4. The molecule has 9 nitrogen and oxygen atoms in total. The fourth-order valence-corrected chi connectivity index (χ4v) is 6.37. The maximum absolute atomic E-state index is 5.64. The van der Waals surface area contributed by atoms with Gasteiger partial charge in [-0.2, -0.15) is 0 Å². The molecule has 0 aliphatic rings. The largest absolute Gasteiger partial charge is 0.443 e. The van der Waals surface area contributed by atoms with E-state index in [4.69, 9.17) is 28.8 Å². The molecule has 6 aromatic heterocycles. The first-order valence-corrected chi connectivity index (χ1v) is 14.4. The fourth-order valence-electron chi connectivity index (χ4n) is 6.37. The molecule has 0 spiro atoms. The van der Waals surface area contributed by atoms with E-state index in [1.165, 1.54) is 12.8 Å². The zero-order chi connectivity index (χ0) is 29.5. The number of hydrogen-bond donors (Lipinski definition) is 0. The Bertz CT molecular complexity index is 2740. The molecular weight excluding hydrogens is 562 g/mol. The Kier molecular flexibility index (Phi) is 4.81. The van der Waals surface area contributed by atoms with E-state index in [0.717, 1.165) is 60.6 Å². The summed E-state index contributed by atoms with van der Waals surface area (Å²) in [6.07, 6.45) is 4.72. The van der Waals surface area contributed by atoms with Gasteiger partial charge in [0.25, 0.3) is 0 Å². The summed E-state index contributed by atoms with van der Waals surface area (Å²) in [5, 5.41) is 3.93. The van der Waals surface area contributed by atoms with Gasteiger partial charge in [-0.05, 0) is 48.5 Å². The normalized spacial score (nSPS) is 12.0. The van der Waals surface area contributed by atoms with Crippen molar-refractivity contribution in [2.75, 3.05) is 0 Å². The van der Waals surface area contributed by atoms with Crippen LogP contribution in [-0.4, -0.2) is 34.5 Å². The highest BCUT2D eigenvalue weighted by molar-refractivity contribution is 6.11. The van der Waals surface area contributed by atoms with E-state index in [1.54, 1.807) is 0 Å². The highest BCUT2D eigenvalue weighted by Crippen LogP contribution is 2.37. The smallest absolute Gasteiger partial charge is 0.182 e. The van der Waals surface area contributed by atoms with E-state index in [-0.39, 0.29) is 0 Å². The fraction of sp³-hybridized carbons (Fsp3) is 0. The van der Waals surface area contributed by atoms with Crippen LogP contribution in [0.15, 0.2) is 125 Å². The van der Waals surface area contributed by atoms with Crippen LogP contribution in [-0.2, 0) is 0 Å². The van der Waals surface area contributed by atoms with E-state index in [0.29, 0.717) is 33.8 Å². The molecule has 210 valence electrons. The SMILES string of the molecule is c1cc(-c2ccc3ccc4c(-n5c6ccccc6c6cccnc65)nc(-c5cccc6ocnc56)nc4c3n2)c2ncoc2c1. The topological polar surface area (TPSA) is 109 Å². The highest BCUT2D eigenvalue weighted by atomic mass is 16.3. The molecule has 45 heavy (non-hydrogen) atoms. The summed E-state index contributed by atoms with van der Waals surface area (Å²) in [7, 11) is 0.